The Morgan fingerprint density at radius 3 is 2.42 bits per heavy atom. The number of nitrogens with zero attached hydrogens (tertiary/aromatic N) is 1. The maximum Gasteiger partial charge on any atom is 0.0639 e. The van der Waals surface area contributed by atoms with Gasteiger partial charge in [0, 0.05) is 19.7 Å². The summed E-state index contributed by atoms with van der Waals surface area (Å²) in [5.41, 5.74) is 0. The lowest BCUT2D eigenvalue weighted by Gasteiger charge is -2.22. The van der Waals surface area contributed by atoms with Gasteiger partial charge < -0.3 is 15.1 Å². The highest BCUT2D eigenvalue weighted by Gasteiger charge is 2.05. The van der Waals surface area contributed by atoms with Gasteiger partial charge in [-0.15, -0.1) is 0 Å². The van der Waals surface area contributed by atoms with Crippen molar-refractivity contribution in [3.05, 3.63) is 0 Å². The number of hydrogen-bond acceptors (Lipinski definition) is 3. The molecule has 0 heterocycles. The van der Waals surface area contributed by atoms with Crippen LogP contribution < -0.4 is 0 Å². The Morgan fingerprint density at radius 2 is 2.00 bits per heavy atom. The zero-order chi connectivity index (χ0) is 9.40. The average molecular weight is 175 g/mol. The number of aliphatic hydroxyl groups excluding tert-OH is 2. The van der Waals surface area contributed by atoms with Crippen LogP contribution in [0.1, 0.15) is 26.7 Å². The van der Waals surface area contributed by atoms with E-state index in [0.717, 1.165) is 25.9 Å². The molecule has 2 N–H and O–H groups in total. The third kappa shape index (κ3) is 6.58. The Labute approximate surface area is 75.0 Å². The fraction of sp³-hybridized carbons (Fsp3) is 1.00. The van der Waals surface area contributed by atoms with Gasteiger partial charge in [0.05, 0.1) is 6.10 Å². The summed E-state index contributed by atoms with van der Waals surface area (Å²) in [7, 11) is 0. The maximum absolute atomic E-state index is 9.14. The minimum atomic E-state index is -0.268. The van der Waals surface area contributed by atoms with E-state index < -0.39 is 0 Å². The van der Waals surface area contributed by atoms with E-state index in [-0.39, 0.29) is 12.7 Å². The first kappa shape index (κ1) is 11.9. The Morgan fingerprint density at radius 1 is 1.33 bits per heavy atom. The Kier molecular flexibility index (Phi) is 7.45. The molecule has 0 aromatic heterocycles. The van der Waals surface area contributed by atoms with Crippen LogP contribution in [-0.4, -0.2) is 47.5 Å². The first-order chi connectivity index (χ1) is 5.70. The molecule has 0 fully saturated rings. The molecule has 0 aliphatic carbocycles. The molecule has 3 heteroatoms. The van der Waals surface area contributed by atoms with Crippen LogP contribution in [0.2, 0.25) is 0 Å². The van der Waals surface area contributed by atoms with E-state index in [0.29, 0.717) is 6.54 Å². The van der Waals surface area contributed by atoms with Gasteiger partial charge in [-0.05, 0) is 26.3 Å². The monoisotopic (exact) mass is 175 g/mol. The van der Waals surface area contributed by atoms with Crippen molar-refractivity contribution in [2.24, 2.45) is 0 Å². The predicted octanol–water partition coefficient (Wildman–Crippen LogP) is 0.462. The van der Waals surface area contributed by atoms with Crippen molar-refractivity contribution < 1.29 is 10.2 Å². The third-order valence-corrected chi connectivity index (χ3v) is 1.69. The van der Waals surface area contributed by atoms with Crippen molar-refractivity contribution >= 4 is 0 Å². The second-order valence-electron chi connectivity index (χ2n) is 3.23. The van der Waals surface area contributed by atoms with Crippen LogP contribution >= 0.6 is 0 Å². The topological polar surface area (TPSA) is 43.7 Å². The van der Waals surface area contributed by atoms with Gasteiger partial charge in [0.1, 0.15) is 0 Å². The second-order valence-corrected chi connectivity index (χ2v) is 3.23. The van der Waals surface area contributed by atoms with Crippen molar-refractivity contribution in [3.8, 4) is 0 Å². The Hall–Kier alpha value is -0.120. The number of aliphatic hydroxyl groups is 2. The third-order valence-electron chi connectivity index (χ3n) is 1.69. The van der Waals surface area contributed by atoms with Crippen molar-refractivity contribution in [3.63, 3.8) is 0 Å². The van der Waals surface area contributed by atoms with Crippen LogP contribution in [0.4, 0.5) is 0 Å². The van der Waals surface area contributed by atoms with E-state index in [1.54, 1.807) is 6.92 Å². The Balaban J connectivity index is 3.54. The molecule has 1 unspecified atom stereocenters. The van der Waals surface area contributed by atoms with Gasteiger partial charge in [-0.2, -0.15) is 0 Å². The van der Waals surface area contributed by atoms with Crippen LogP contribution in [-0.2, 0) is 0 Å². The quantitative estimate of drug-likeness (QED) is 0.591. The van der Waals surface area contributed by atoms with Crippen molar-refractivity contribution in [2.45, 2.75) is 32.8 Å². The van der Waals surface area contributed by atoms with E-state index in [1.165, 1.54) is 0 Å². The summed E-state index contributed by atoms with van der Waals surface area (Å²) in [6.07, 6.45) is 1.63. The molecule has 0 bridgehead atoms. The van der Waals surface area contributed by atoms with Gasteiger partial charge in [0.25, 0.3) is 0 Å². The predicted molar refractivity (Wildman–Crippen MR) is 50.1 cm³/mol. The molecule has 0 aromatic rings. The molecule has 0 spiro atoms. The van der Waals surface area contributed by atoms with E-state index in [4.69, 9.17) is 10.2 Å². The smallest absolute Gasteiger partial charge is 0.0639 e. The zero-order valence-electron chi connectivity index (χ0n) is 8.16. The summed E-state index contributed by atoms with van der Waals surface area (Å²) < 4.78 is 0. The molecule has 0 aromatic carbocycles. The molecular formula is C9H21NO2. The lowest BCUT2D eigenvalue weighted by molar-refractivity contribution is 0.120. The summed E-state index contributed by atoms with van der Waals surface area (Å²) >= 11 is 0. The molecule has 0 amide bonds. The van der Waals surface area contributed by atoms with E-state index in [2.05, 4.69) is 11.8 Å². The molecule has 3 nitrogen and oxygen atoms in total. The first-order valence-corrected chi connectivity index (χ1v) is 4.72. The molecule has 0 rings (SSSR count). The Bertz CT molecular complexity index is 96.5. The second kappa shape index (κ2) is 7.53. The molecule has 0 radical (unpaired) electrons. The number of rotatable bonds is 7. The molecule has 1 atom stereocenters. The highest BCUT2D eigenvalue weighted by Crippen LogP contribution is 1.96. The molecule has 0 saturated heterocycles. The van der Waals surface area contributed by atoms with Crippen molar-refractivity contribution in [1.29, 1.82) is 0 Å². The molecule has 0 aliphatic rings. The normalized spacial score (nSPS) is 13.8. The molecule has 0 aliphatic heterocycles. The highest BCUT2D eigenvalue weighted by atomic mass is 16.3. The molecular weight excluding hydrogens is 154 g/mol. The van der Waals surface area contributed by atoms with E-state index in [9.17, 15) is 0 Å². The summed E-state index contributed by atoms with van der Waals surface area (Å²) in [4.78, 5) is 2.18. The standard InChI is InChI=1S/C9H21NO2/c1-3-5-10(6-4-7-11)8-9(2)12/h9,11-12H,3-8H2,1-2H3. The molecule has 12 heavy (non-hydrogen) atoms. The molecule has 74 valence electrons. The van der Waals surface area contributed by atoms with Crippen LogP contribution in [0.5, 0.6) is 0 Å². The summed E-state index contributed by atoms with van der Waals surface area (Å²) in [6, 6.07) is 0. The minimum Gasteiger partial charge on any atom is -0.396 e. The van der Waals surface area contributed by atoms with E-state index in [1.807, 2.05) is 0 Å². The van der Waals surface area contributed by atoms with Gasteiger partial charge in [0.15, 0.2) is 0 Å². The summed E-state index contributed by atoms with van der Waals surface area (Å²) in [5, 5.41) is 17.8. The zero-order valence-corrected chi connectivity index (χ0v) is 8.16. The summed E-state index contributed by atoms with van der Waals surface area (Å²) in [5.74, 6) is 0. The van der Waals surface area contributed by atoms with Crippen molar-refractivity contribution in [1.82, 2.24) is 4.90 Å². The van der Waals surface area contributed by atoms with Crippen LogP contribution in [0.15, 0.2) is 0 Å². The largest absolute Gasteiger partial charge is 0.396 e. The minimum absolute atomic E-state index is 0.236. The highest BCUT2D eigenvalue weighted by molar-refractivity contribution is 4.60. The maximum atomic E-state index is 9.14. The van der Waals surface area contributed by atoms with Crippen molar-refractivity contribution in [2.75, 3.05) is 26.2 Å². The van der Waals surface area contributed by atoms with Gasteiger partial charge >= 0.3 is 0 Å². The van der Waals surface area contributed by atoms with Crippen LogP contribution in [0.3, 0.4) is 0 Å². The average Bonchev–Trinajstić information content (AvgIpc) is 2.00. The van der Waals surface area contributed by atoms with Gasteiger partial charge in [0.2, 0.25) is 0 Å². The SMILES string of the molecule is CCCN(CCCO)CC(C)O. The molecule has 0 saturated carbocycles. The first-order valence-electron chi connectivity index (χ1n) is 4.72. The van der Waals surface area contributed by atoms with Gasteiger partial charge in [-0.25, -0.2) is 0 Å². The van der Waals surface area contributed by atoms with Crippen LogP contribution in [0.25, 0.3) is 0 Å². The van der Waals surface area contributed by atoms with E-state index >= 15 is 0 Å². The number of hydrogen-bond donors (Lipinski definition) is 2. The summed E-state index contributed by atoms with van der Waals surface area (Å²) in [6.45, 7) is 6.75. The lowest BCUT2D eigenvalue weighted by Crippen LogP contribution is -2.32. The van der Waals surface area contributed by atoms with Gasteiger partial charge in [-0.3, -0.25) is 0 Å². The fourth-order valence-corrected chi connectivity index (χ4v) is 1.28. The lowest BCUT2D eigenvalue weighted by atomic mass is 10.3. The fourth-order valence-electron chi connectivity index (χ4n) is 1.28. The van der Waals surface area contributed by atoms with Crippen LogP contribution in [0, 0.1) is 0 Å². The van der Waals surface area contributed by atoms with Gasteiger partial charge in [-0.1, -0.05) is 6.92 Å².